The third-order valence-electron chi connectivity index (χ3n) is 3.36. The standard InChI is InChI=1S/C16H21NO/c1-3-6-12(2)17-11-15-14-8-5-4-7-13(14)9-10-16(15)18/h4-5,7-10,12,17-18H,3,6,11H2,1-2H3. The molecule has 2 rings (SSSR count). The molecule has 0 saturated carbocycles. The lowest BCUT2D eigenvalue weighted by molar-refractivity contribution is 0.456. The molecular formula is C16H21NO. The molecule has 18 heavy (non-hydrogen) atoms. The summed E-state index contributed by atoms with van der Waals surface area (Å²) >= 11 is 0. The molecule has 96 valence electrons. The Morgan fingerprint density at radius 2 is 1.94 bits per heavy atom. The summed E-state index contributed by atoms with van der Waals surface area (Å²) < 4.78 is 0. The van der Waals surface area contributed by atoms with Crippen molar-refractivity contribution in [2.24, 2.45) is 0 Å². The summed E-state index contributed by atoms with van der Waals surface area (Å²) in [5.41, 5.74) is 0.996. The zero-order valence-electron chi connectivity index (χ0n) is 11.1. The van der Waals surface area contributed by atoms with Gasteiger partial charge in [-0.2, -0.15) is 0 Å². The first-order valence-electron chi connectivity index (χ1n) is 6.65. The van der Waals surface area contributed by atoms with E-state index in [0.717, 1.165) is 17.4 Å². The molecule has 0 spiro atoms. The lowest BCUT2D eigenvalue weighted by atomic mass is 10.0. The maximum atomic E-state index is 10.0. The number of aromatic hydroxyl groups is 1. The van der Waals surface area contributed by atoms with Crippen molar-refractivity contribution in [3.05, 3.63) is 42.0 Å². The summed E-state index contributed by atoms with van der Waals surface area (Å²) in [4.78, 5) is 0. The maximum absolute atomic E-state index is 10.0. The second-order valence-corrected chi connectivity index (χ2v) is 4.86. The SMILES string of the molecule is CCCC(C)NCc1c(O)ccc2ccccc12. The monoisotopic (exact) mass is 243 g/mol. The molecule has 1 unspecified atom stereocenters. The van der Waals surface area contributed by atoms with E-state index in [-0.39, 0.29) is 0 Å². The molecule has 2 heteroatoms. The van der Waals surface area contributed by atoms with Crippen LogP contribution in [0.15, 0.2) is 36.4 Å². The normalized spacial score (nSPS) is 12.8. The molecule has 0 heterocycles. The van der Waals surface area contributed by atoms with Gasteiger partial charge < -0.3 is 10.4 Å². The van der Waals surface area contributed by atoms with E-state index in [4.69, 9.17) is 0 Å². The minimum absolute atomic E-state index is 0.380. The summed E-state index contributed by atoms with van der Waals surface area (Å²) in [6, 6.07) is 12.4. The molecule has 0 aromatic heterocycles. The van der Waals surface area contributed by atoms with Gasteiger partial charge in [-0.15, -0.1) is 0 Å². The lowest BCUT2D eigenvalue weighted by Crippen LogP contribution is -2.25. The van der Waals surface area contributed by atoms with E-state index in [2.05, 4.69) is 31.3 Å². The predicted octanol–water partition coefficient (Wildman–Crippen LogP) is 3.82. The van der Waals surface area contributed by atoms with Gasteiger partial charge in [0.25, 0.3) is 0 Å². The number of hydrogen-bond donors (Lipinski definition) is 2. The van der Waals surface area contributed by atoms with Crippen molar-refractivity contribution in [1.29, 1.82) is 0 Å². The van der Waals surface area contributed by atoms with E-state index >= 15 is 0 Å². The Morgan fingerprint density at radius 3 is 2.72 bits per heavy atom. The van der Waals surface area contributed by atoms with Crippen LogP contribution >= 0.6 is 0 Å². The molecule has 2 aromatic rings. The van der Waals surface area contributed by atoms with Crippen molar-refractivity contribution in [2.75, 3.05) is 0 Å². The molecule has 0 aliphatic carbocycles. The molecule has 0 amide bonds. The quantitative estimate of drug-likeness (QED) is 0.836. The van der Waals surface area contributed by atoms with Crippen LogP contribution in [-0.2, 0) is 6.54 Å². The minimum Gasteiger partial charge on any atom is -0.508 e. The largest absolute Gasteiger partial charge is 0.508 e. The number of benzene rings is 2. The van der Waals surface area contributed by atoms with E-state index in [9.17, 15) is 5.11 Å². The second-order valence-electron chi connectivity index (χ2n) is 4.86. The average Bonchev–Trinajstić information content (AvgIpc) is 2.38. The molecule has 0 bridgehead atoms. The topological polar surface area (TPSA) is 32.3 Å². The van der Waals surface area contributed by atoms with E-state index in [1.165, 1.54) is 11.8 Å². The first-order chi connectivity index (χ1) is 8.72. The summed E-state index contributed by atoms with van der Waals surface area (Å²) in [6.07, 6.45) is 2.33. The van der Waals surface area contributed by atoms with Gasteiger partial charge in [-0.05, 0) is 30.2 Å². The molecule has 0 aliphatic heterocycles. The first kappa shape index (κ1) is 12.9. The number of phenolic OH excluding ortho intramolecular Hbond substituents is 1. The van der Waals surface area contributed by atoms with E-state index in [1.807, 2.05) is 18.2 Å². The summed E-state index contributed by atoms with van der Waals surface area (Å²) in [5.74, 6) is 0.380. The van der Waals surface area contributed by atoms with Crippen LogP contribution in [0.2, 0.25) is 0 Å². The fourth-order valence-corrected chi connectivity index (χ4v) is 2.32. The van der Waals surface area contributed by atoms with Gasteiger partial charge in [0.1, 0.15) is 5.75 Å². The molecule has 2 aromatic carbocycles. The Hall–Kier alpha value is -1.54. The minimum atomic E-state index is 0.380. The van der Waals surface area contributed by atoms with E-state index in [0.29, 0.717) is 18.3 Å². The van der Waals surface area contributed by atoms with E-state index in [1.54, 1.807) is 6.07 Å². The first-order valence-corrected chi connectivity index (χ1v) is 6.65. The van der Waals surface area contributed by atoms with Crippen LogP contribution in [0.1, 0.15) is 32.3 Å². The molecule has 2 N–H and O–H groups in total. The zero-order valence-corrected chi connectivity index (χ0v) is 11.1. The van der Waals surface area contributed by atoms with Crippen molar-refractivity contribution in [3.63, 3.8) is 0 Å². The highest BCUT2D eigenvalue weighted by molar-refractivity contribution is 5.87. The molecule has 2 nitrogen and oxygen atoms in total. The highest BCUT2D eigenvalue weighted by Gasteiger charge is 2.08. The van der Waals surface area contributed by atoms with Gasteiger partial charge in [0, 0.05) is 18.2 Å². The third kappa shape index (κ3) is 2.82. The molecule has 0 saturated heterocycles. The molecule has 1 atom stereocenters. The number of hydrogen-bond acceptors (Lipinski definition) is 2. The number of nitrogens with one attached hydrogen (secondary N) is 1. The maximum Gasteiger partial charge on any atom is 0.120 e. The predicted molar refractivity (Wildman–Crippen MR) is 76.8 cm³/mol. The van der Waals surface area contributed by atoms with Crippen molar-refractivity contribution >= 4 is 10.8 Å². The second kappa shape index (κ2) is 5.87. The Bertz CT molecular complexity index is 521. The Labute approximate surface area is 109 Å². The van der Waals surface area contributed by atoms with Crippen molar-refractivity contribution in [1.82, 2.24) is 5.32 Å². The fourth-order valence-electron chi connectivity index (χ4n) is 2.32. The summed E-state index contributed by atoms with van der Waals surface area (Å²) in [5, 5.41) is 15.8. The van der Waals surface area contributed by atoms with Crippen molar-refractivity contribution in [2.45, 2.75) is 39.3 Å². The van der Waals surface area contributed by atoms with E-state index < -0.39 is 0 Å². The number of phenols is 1. The molecule has 0 radical (unpaired) electrons. The van der Waals surface area contributed by atoms with Crippen LogP contribution in [0.3, 0.4) is 0 Å². The summed E-state index contributed by atoms with van der Waals surface area (Å²) in [7, 11) is 0. The smallest absolute Gasteiger partial charge is 0.120 e. The van der Waals surface area contributed by atoms with Gasteiger partial charge in [0.2, 0.25) is 0 Å². The summed E-state index contributed by atoms with van der Waals surface area (Å²) in [6.45, 7) is 5.09. The number of rotatable bonds is 5. The van der Waals surface area contributed by atoms with Crippen LogP contribution < -0.4 is 5.32 Å². The molecule has 0 fully saturated rings. The van der Waals surface area contributed by atoms with Crippen LogP contribution in [0.5, 0.6) is 5.75 Å². The van der Waals surface area contributed by atoms with Gasteiger partial charge in [0.15, 0.2) is 0 Å². The Morgan fingerprint density at radius 1 is 1.17 bits per heavy atom. The van der Waals surface area contributed by atoms with Crippen molar-refractivity contribution in [3.8, 4) is 5.75 Å². The van der Waals surface area contributed by atoms with Crippen LogP contribution in [0.25, 0.3) is 10.8 Å². The van der Waals surface area contributed by atoms with Crippen LogP contribution in [-0.4, -0.2) is 11.1 Å². The van der Waals surface area contributed by atoms with Gasteiger partial charge >= 0.3 is 0 Å². The fraction of sp³-hybridized carbons (Fsp3) is 0.375. The average molecular weight is 243 g/mol. The number of fused-ring (bicyclic) bond motifs is 1. The highest BCUT2D eigenvalue weighted by Crippen LogP contribution is 2.26. The lowest BCUT2D eigenvalue weighted by Gasteiger charge is -2.15. The Balaban J connectivity index is 2.23. The van der Waals surface area contributed by atoms with Gasteiger partial charge in [-0.3, -0.25) is 0 Å². The van der Waals surface area contributed by atoms with Gasteiger partial charge in [-0.1, -0.05) is 43.7 Å². The third-order valence-corrected chi connectivity index (χ3v) is 3.36. The van der Waals surface area contributed by atoms with Crippen LogP contribution in [0, 0.1) is 0 Å². The van der Waals surface area contributed by atoms with Crippen molar-refractivity contribution < 1.29 is 5.11 Å². The highest BCUT2D eigenvalue weighted by atomic mass is 16.3. The molecular weight excluding hydrogens is 222 g/mol. The van der Waals surface area contributed by atoms with Gasteiger partial charge in [-0.25, -0.2) is 0 Å². The van der Waals surface area contributed by atoms with Crippen LogP contribution in [0.4, 0.5) is 0 Å². The van der Waals surface area contributed by atoms with Gasteiger partial charge in [0.05, 0.1) is 0 Å². The Kier molecular flexibility index (Phi) is 4.21. The zero-order chi connectivity index (χ0) is 13.0. The molecule has 0 aliphatic rings.